The SMILES string of the molecule is CC(=O)c1cc(C)cc(C=Nc2ccc(C)cc2)c1O. The van der Waals surface area contributed by atoms with Crippen molar-refractivity contribution < 1.29 is 9.90 Å². The van der Waals surface area contributed by atoms with Crippen molar-refractivity contribution in [3.63, 3.8) is 0 Å². The Morgan fingerprint density at radius 1 is 1.10 bits per heavy atom. The van der Waals surface area contributed by atoms with Crippen molar-refractivity contribution in [1.29, 1.82) is 0 Å². The summed E-state index contributed by atoms with van der Waals surface area (Å²) in [6, 6.07) is 11.3. The van der Waals surface area contributed by atoms with Crippen LogP contribution in [-0.4, -0.2) is 17.1 Å². The van der Waals surface area contributed by atoms with E-state index in [0.717, 1.165) is 11.3 Å². The van der Waals surface area contributed by atoms with Gasteiger partial charge in [0.2, 0.25) is 0 Å². The zero-order valence-electron chi connectivity index (χ0n) is 11.8. The van der Waals surface area contributed by atoms with Crippen LogP contribution < -0.4 is 0 Å². The second kappa shape index (κ2) is 5.70. The maximum Gasteiger partial charge on any atom is 0.163 e. The van der Waals surface area contributed by atoms with E-state index in [9.17, 15) is 9.90 Å². The molecule has 3 heteroatoms. The van der Waals surface area contributed by atoms with Gasteiger partial charge >= 0.3 is 0 Å². The Morgan fingerprint density at radius 2 is 1.75 bits per heavy atom. The molecule has 2 aromatic rings. The monoisotopic (exact) mass is 267 g/mol. The highest BCUT2D eigenvalue weighted by atomic mass is 16.3. The molecule has 0 aliphatic rings. The third-order valence-corrected chi connectivity index (χ3v) is 3.05. The highest BCUT2D eigenvalue weighted by Crippen LogP contribution is 2.24. The van der Waals surface area contributed by atoms with Crippen molar-refractivity contribution >= 4 is 17.7 Å². The summed E-state index contributed by atoms with van der Waals surface area (Å²) in [5, 5.41) is 10.1. The Hall–Kier alpha value is -2.42. The van der Waals surface area contributed by atoms with Crippen LogP contribution in [0.2, 0.25) is 0 Å². The number of carbonyl (C=O) groups excluding carboxylic acids is 1. The fourth-order valence-corrected chi connectivity index (χ4v) is 1.95. The summed E-state index contributed by atoms with van der Waals surface area (Å²) < 4.78 is 0. The van der Waals surface area contributed by atoms with Gasteiger partial charge in [-0.05, 0) is 50.6 Å². The molecule has 0 saturated heterocycles. The molecule has 0 atom stereocenters. The molecule has 0 radical (unpaired) electrons. The number of aliphatic imine (C=N–C) groups is 1. The average Bonchev–Trinajstić information content (AvgIpc) is 2.41. The van der Waals surface area contributed by atoms with Crippen molar-refractivity contribution in [1.82, 2.24) is 0 Å². The summed E-state index contributed by atoms with van der Waals surface area (Å²) in [6.07, 6.45) is 1.58. The second-order valence-electron chi connectivity index (χ2n) is 4.90. The Kier molecular flexibility index (Phi) is 3.99. The van der Waals surface area contributed by atoms with Gasteiger partial charge in [0.05, 0.1) is 11.3 Å². The third kappa shape index (κ3) is 3.12. The lowest BCUT2D eigenvalue weighted by Crippen LogP contribution is -1.97. The summed E-state index contributed by atoms with van der Waals surface area (Å²) in [7, 11) is 0. The zero-order chi connectivity index (χ0) is 14.7. The standard InChI is InChI=1S/C17H17NO2/c1-11-4-6-15(7-5-11)18-10-14-8-12(2)9-16(13(3)19)17(14)20/h4-10,20H,1-3H3. The van der Waals surface area contributed by atoms with E-state index in [1.54, 1.807) is 18.3 Å². The van der Waals surface area contributed by atoms with Gasteiger partial charge in [-0.2, -0.15) is 0 Å². The summed E-state index contributed by atoms with van der Waals surface area (Å²) in [6.45, 7) is 5.34. The number of nitrogens with zero attached hydrogens (tertiary/aromatic N) is 1. The largest absolute Gasteiger partial charge is 0.507 e. The van der Waals surface area contributed by atoms with Crippen LogP contribution in [0.15, 0.2) is 41.4 Å². The molecule has 2 aromatic carbocycles. The predicted molar refractivity (Wildman–Crippen MR) is 81.3 cm³/mol. The van der Waals surface area contributed by atoms with E-state index in [1.165, 1.54) is 12.5 Å². The van der Waals surface area contributed by atoms with Gasteiger partial charge < -0.3 is 5.11 Å². The number of phenolic OH excluding ortho intramolecular Hbond substituents is 1. The van der Waals surface area contributed by atoms with Crippen LogP contribution in [0.3, 0.4) is 0 Å². The Bertz CT molecular complexity index is 670. The Balaban J connectivity index is 2.38. The van der Waals surface area contributed by atoms with E-state index in [-0.39, 0.29) is 11.5 Å². The van der Waals surface area contributed by atoms with Gasteiger partial charge in [0.1, 0.15) is 5.75 Å². The number of benzene rings is 2. The maximum atomic E-state index is 11.5. The van der Waals surface area contributed by atoms with Gasteiger partial charge in [-0.15, -0.1) is 0 Å². The zero-order valence-corrected chi connectivity index (χ0v) is 11.8. The number of aromatic hydroxyl groups is 1. The Morgan fingerprint density at radius 3 is 2.35 bits per heavy atom. The van der Waals surface area contributed by atoms with E-state index in [0.29, 0.717) is 11.1 Å². The summed E-state index contributed by atoms with van der Waals surface area (Å²) in [4.78, 5) is 15.8. The molecule has 102 valence electrons. The van der Waals surface area contributed by atoms with Crippen LogP contribution in [0.5, 0.6) is 5.75 Å². The molecule has 0 aliphatic carbocycles. The van der Waals surface area contributed by atoms with Crippen molar-refractivity contribution in [3.05, 3.63) is 58.7 Å². The average molecular weight is 267 g/mol. The number of carbonyl (C=O) groups is 1. The molecule has 0 heterocycles. The third-order valence-electron chi connectivity index (χ3n) is 3.05. The minimum Gasteiger partial charge on any atom is -0.507 e. The molecule has 0 saturated carbocycles. The summed E-state index contributed by atoms with van der Waals surface area (Å²) in [5.41, 5.74) is 3.77. The molecule has 0 fully saturated rings. The van der Waals surface area contributed by atoms with Gasteiger partial charge in [0.15, 0.2) is 5.78 Å². The fraction of sp³-hybridized carbons (Fsp3) is 0.176. The quantitative estimate of drug-likeness (QED) is 0.676. The number of phenols is 1. The van der Waals surface area contributed by atoms with Crippen LogP contribution >= 0.6 is 0 Å². The van der Waals surface area contributed by atoms with Crippen LogP contribution in [0, 0.1) is 13.8 Å². The lowest BCUT2D eigenvalue weighted by Gasteiger charge is -2.06. The number of aryl methyl sites for hydroxylation is 2. The van der Waals surface area contributed by atoms with E-state index >= 15 is 0 Å². The number of hydrogen-bond donors (Lipinski definition) is 1. The number of hydrogen-bond acceptors (Lipinski definition) is 3. The highest BCUT2D eigenvalue weighted by molar-refractivity contribution is 6.00. The van der Waals surface area contributed by atoms with Crippen LogP contribution in [0.1, 0.15) is 34.0 Å². The molecule has 0 bridgehead atoms. The molecule has 0 spiro atoms. The number of rotatable bonds is 3. The fourth-order valence-electron chi connectivity index (χ4n) is 1.95. The van der Waals surface area contributed by atoms with E-state index < -0.39 is 0 Å². The van der Waals surface area contributed by atoms with Gasteiger partial charge in [-0.3, -0.25) is 9.79 Å². The second-order valence-corrected chi connectivity index (χ2v) is 4.90. The number of Topliss-reactive ketones (excluding diaryl/α,β-unsaturated/α-hetero) is 1. The molecular formula is C17H17NO2. The minimum atomic E-state index is -0.156. The first-order valence-corrected chi connectivity index (χ1v) is 6.42. The molecule has 0 amide bonds. The lowest BCUT2D eigenvalue weighted by atomic mass is 10.0. The van der Waals surface area contributed by atoms with Gasteiger partial charge in [0, 0.05) is 11.8 Å². The molecule has 0 aromatic heterocycles. The normalized spacial score (nSPS) is 10.9. The summed E-state index contributed by atoms with van der Waals surface area (Å²) in [5.74, 6) is -0.171. The minimum absolute atomic E-state index is 0.0149. The first-order chi connectivity index (χ1) is 9.47. The predicted octanol–water partition coefficient (Wildman–Crippen LogP) is 3.96. The van der Waals surface area contributed by atoms with Crippen molar-refractivity contribution in [3.8, 4) is 5.75 Å². The van der Waals surface area contributed by atoms with E-state index in [2.05, 4.69) is 4.99 Å². The molecule has 0 unspecified atom stereocenters. The van der Waals surface area contributed by atoms with E-state index in [4.69, 9.17) is 0 Å². The molecule has 0 aliphatic heterocycles. The van der Waals surface area contributed by atoms with Crippen molar-refractivity contribution in [2.75, 3.05) is 0 Å². The number of ketones is 1. The Labute approximate surface area is 118 Å². The van der Waals surface area contributed by atoms with Crippen molar-refractivity contribution in [2.24, 2.45) is 4.99 Å². The summed E-state index contributed by atoms with van der Waals surface area (Å²) >= 11 is 0. The van der Waals surface area contributed by atoms with Gasteiger partial charge in [0.25, 0.3) is 0 Å². The lowest BCUT2D eigenvalue weighted by molar-refractivity contribution is 0.101. The van der Waals surface area contributed by atoms with Crippen molar-refractivity contribution in [2.45, 2.75) is 20.8 Å². The molecule has 1 N–H and O–H groups in total. The van der Waals surface area contributed by atoms with Crippen LogP contribution in [0.25, 0.3) is 0 Å². The first-order valence-electron chi connectivity index (χ1n) is 6.42. The topological polar surface area (TPSA) is 49.7 Å². The molecule has 3 nitrogen and oxygen atoms in total. The van der Waals surface area contributed by atoms with Gasteiger partial charge in [-0.25, -0.2) is 0 Å². The van der Waals surface area contributed by atoms with Crippen LogP contribution in [-0.2, 0) is 0 Å². The smallest absolute Gasteiger partial charge is 0.163 e. The van der Waals surface area contributed by atoms with Crippen LogP contribution in [0.4, 0.5) is 5.69 Å². The highest BCUT2D eigenvalue weighted by Gasteiger charge is 2.10. The molecule has 2 rings (SSSR count). The maximum absolute atomic E-state index is 11.5. The van der Waals surface area contributed by atoms with E-state index in [1.807, 2.05) is 38.1 Å². The molecular weight excluding hydrogens is 250 g/mol. The molecule has 20 heavy (non-hydrogen) atoms. The first kappa shape index (κ1) is 14.0. The van der Waals surface area contributed by atoms with Gasteiger partial charge in [-0.1, -0.05) is 17.7 Å².